The minimum Gasteiger partial charge on any atom is -0.319 e. The molecule has 1 N–H and O–H groups in total. The summed E-state index contributed by atoms with van der Waals surface area (Å²) in [4.78, 5) is 0. The molecule has 162 valence electrons. The Bertz CT molecular complexity index is 439. The average molecular weight is 380 g/mol. The third-order valence-electron chi connectivity index (χ3n) is 9.53. The van der Waals surface area contributed by atoms with Crippen LogP contribution in [0.5, 0.6) is 0 Å². The molecule has 27 heavy (non-hydrogen) atoms. The SMILES string of the molecule is CCCC1C(C)(C)C(C)C([C@@H](C)CNC)C(C(C)CC)C1(C)C(C)C(C)C. The van der Waals surface area contributed by atoms with Gasteiger partial charge in [0.1, 0.15) is 0 Å². The van der Waals surface area contributed by atoms with Gasteiger partial charge in [-0.1, -0.05) is 89.0 Å². The van der Waals surface area contributed by atoms with Gasteiger partial charge in [0.2, 0.25) is 0 Å². The van der Waals surface area contributed by atoms with Crippen molar-refractivity contribution in [2.45, 2.75) is 95.4 Å². The van der Waals surface area contributed by atoms with Crippen LogP contribution in [-0.4, -0.2) is 13.6 Å². The first-order chi connectivity index (χ1) is 12.4. The molecule has 7 unspecified atom stereocenters. The Morgan fingerprint density at radius 1 is 0.926 bits per heavy atom. The predicted molar refractivity (Wildman–Crippen MR) is 123 cm³/mol. The van der Waals surface area contributed by atoms with Gasteiger partial charge in [-0.3, -0.25) is 0 Å². The first-order valence-corrected chi connectivity index (χ1v) is 12.1. The topological polar surface area (TPSA) is 12.0 Å². The van der Waals surface area contributed by atoms with Crippen molar-refractivity contribution >= 4 is 0 Å². The van der Waals surface area contributed by atoms with Gasteiger partial charge in [-0.2, -0.15) is 0 Å². The highest BCUT2D eigenvalue weighted by molar-refractivity contribution is 5.09. The highest BCUT2D eigenvalue weighted by Crippen LogP contribution is 2.66. The molecule has 1 nitrogen and oxygen atoms in total. The van der Waals surface area contributed by atoms with Gasteiger partial charge in [0.15, 0.2) is 0 Å². The predicted octanol–water partition coefficient (Wildman–Crippen LogP) is 7.51. The Hall–Kier alpha value is -0.0400. The van der Waals surface area contributed by atoms with Crippen LogP contribution in [0.3, 0.4) is 0 Å². The molecule has 0 heterocycles. The maximum absolute atomic E-state index is 3.51. The molecule has 1 saturated carbocycles. The molecule has 0 radical (unpaired) electrons. The fourth-order valence-electron chi connectivity index (χ4n) is 7.43. The minimum absolute atomic E-state index is 0.393. The average Bonchev–Trinajstić information content (AvgIpc) is 2.60. The smallest absolute Gasteiger partial charge is 0.00233 e. The van der Waals surface area contributed by atoms with Gasteiger partial charge in [-0.15, -0.1) is 0 Å². The summed E-state index contributed by atoms with van der Waals surface area (Å²) in [5.41, 5.74) is 0.798. The Labute approximate surface area is 172 Å². The standard InChI is InChI=1S/C26H53N/c1-13-15-22-25(9,10)21(8)23(19(6)16-27-12)24(18(5)14-2)26(22,11)20(7)17(3)4/h17-24,27H,13-16H2,1-12H3/t18?,19-,20?,21?,22?,23?,24?,26?/m0/s1. The Balaban J connectivity index is 3.69. The largest absolute Gasteiger partial charge is 0.319 e. The van der Waals surface area contributed by atoms with Gasteiger partial charge in [0.25, 0.3) is 0 Å². The molecule has 0 aromatic heterocycles. The highest BCUT2D eigenvalue weighted by Gasteiger charge is 2.61. The van der Waals surface area contributed by atoms with Gasteiger partial charge in [-0.25, -0.2) is 0 Å². The summed E-state index contributed by atoms with van der Waals surface area (Å²) < 4.78 is 0. The van der Waals surface area contributed by atoms with Crippen molar-refractivity contribution in [1.82, 2.24) is 5.32 Å². The molecule has 8 atom stereocenters. The van der Waals surface area contributed by atoms with Crippen molar-refractivity contribution in [3.05, 3.63) is 0 Å². The van der Waals surface area contributed by atoms with Crippen LogP contribution in [0.15, 0.2) is 0 Å². The molecule has 1 fully saturated rings. The van der Waals surface area contributed by atoms with E-state index in [9.17, 15) is 0 Å². The van der Waals surface area contributed by atoms with Gasteiger partial charge >= 0.3 is 0 Å². The monoisotopic (exact) mass is 379 g/mol. The maximum atomic E-state index is 3.51. The van der Waals surface area contributed by atoms with E-state index in [-0.39, 0.29) is 0 Å². The van der Waals surface area contributed by atoms with Crippen LogP contribution in [0.1, 0.15) is 95.4 Å². The van der Waals surface area contributed by atoms with Gasteiger partial charge < -0.3 is 5.32 Å². The van der Waals surface area contributed by atoms with Crippen LogP contribution in [-0.2, 0) is 0 Å². The molecule has 0 saturated heterocycles. The molecule has 0 aliphatic heterocycles. The lowest BCUT2D eigenvalue weighted by Crippen LogP contribution is -2.61. The summed E-state index contributed by atoms with van der Waals surface area (Å²) in [6.45, 7) is 29.1. The summed E-state index contributed by atoms with van der Waals surface area (Å²) in [5.74, 6) is 6.19. The van der Waals surface area contributed by atoms with Gasteiger partial charge in [0, 0.05) is 0 Å². The minimum atomic E-state index is 0.393. The molecule has 1 rings (SSSR count). The molecule has 0 spiro atoms. The van der Waals surface area contributed by atoms with Gasteiger partial charge in [0.05, 0.1) is 0 Å². The number of hydrogen-bond acceptors (Lipinski definition) is 1. The molecule has 0 amide bonds. The second-order valence-electron chi connectivity index (χ2n) is 11.4. The number of rotatable bonds is 9. The first-order valence-electron chi connectivity index (χ1n) is 12.1. The molecule has 1 heteroatoms. The molecule has 1 aliphatic carbocycles. The van der Waals surface area contributed by atoms with Crippen LogP contribution < -0.4 is 5.32 Å². The number of nitrogens with one attached hydrogen (secondary N) is 1. The zero-order valence-corrected chi connectivity index (χ0v) is 20.9. The van der Waals surface area contributed by atoms with Crippen molar-refractivity contribution in [3.63, 3.8) is 0 Å². The fraction of sp³-hybridized carbons (Fsp3) is 1.00. The van der Waals surface area contributed by atoms with Crippen molar-refractivity contribution in [2.75, 3.05) is 13.6 Å². The summed E-state index contributed by atoms with van der Waals surface area (Å²) >= 11 is 0. The van der Waals surface area contributed by atoms with Crippen molar-refractivity contribution in [2.24, 2.45) is 58.2 Å². The van der Waals surface area contributed by atoms with Crippen LogP contribution >= 0.6 is 0 Å². The summed E-state index contributed by atoms with van der Waals surface area (Å²) in [6.07, 6.45) is 4.00. The van der Waals surface area contributed by atoms with Crippen molar-refractivity contribution in [1.29, 1.82) is 0 Å². The highest BCUT2D eigenvalue weighted by atomic mass is 14.8. The van der Waals surface area contributed by atoms with E-state index in [1.807, 2.05) is 0 Å². The van der Waals surface area contributed by atoms with Crippen molar-refractivity contribution < 1.29 is 0 Å². The molecule has 0 bridgehead atoms. The Kier molecular flexibility index (Phi) is 8.92. The Morgan fingerprint density at radius 3 is 1.89 bits per heavy atom. The van der Waals surface area contributed by atoms with E-state index in [2.05, 4.69) is 88.5 Å². The van der Waals surface area contributed by atoms with E-state index in [0.717, 1.165) is 53.9 Å². The Morgan fingerprint density at radius 2 is 1.48 bits per heavy atom. The molecule has 0 aromatic rings. The molecule has 1 aliphatic rings. The van der Waals surface area contributed by atoms with E-state index in [0.29, 0.717) is 10.8 Å². The zero-order chi connectivity index (χ0) is 21.2. The van der Waals surface area contributed by atoms with Crippen LogP contribution in [0.4, 0.5) is 0 Å². The molecule has 0 aromatic carbocycles. The van der Waals surface area contributed by atoms with Crippen LogP contribution in [0.25, 0.3) is 0 Å². The lowest BCUT2D eigenvalue weighted by Gasteiger charge is -2.66. The van der Waals surface area contributed by atoms with Crippen LogP contribution in [0, 0.1) is 58.2 Å². The van der Waals surface area contributed by atoms with Crippen molar-refractivity contribution in [3.8, 4) is 0 Å². The van der Waals surface area contributed by atoms with E-state index in [1.165, 1.54) is 19.3 Å². The summed E-state index contributed by atoms with van der Waals surface area (Å²) in [6, 6.07) is 0. The fourth-order valence-corrected chi connectivity index (χ4v) is 7.43. The summed E-state index contributed by atoms with van der Waals surface area (Å²) in [5, 5.41) is 3.51. The van der Waals surface area contributed by atoms with E-state index < -0.39 is 0 Å². The lowest BCUT2D eigenvalue weighted by molar-refractivity contribution is -0.186. The van der Waals surface area contributed by atoms with Crippen LogP contribution in [0.2, 0.25) is 0 Å². The quantitative estimate of drug-likeness (QED) is 0.437. The molecular formula is C26H53N. The molecular weight excluding hydrogens is 326 g/mol. The van der Waals surface area contributed by atoms with E-state index in [1.54, 1.807) is 0 Å². The second kappa shape index (κ2) is 9.64. The normalized spacial score (nSPS) is 37.2. The summed E-state index contributed by atoms with van der Waals surface area (Å²) in [7, 11) is 2.13. The first kappa shape index (κ1) is 25.0. The lowest BCUT2D eigenvalue weighted by atomic mass is 9.38. The third kappa shape index (κ3) is 4.44. The third-order valence-corrected chi connectivity index (χ3v) is 9.53. The zero-order valence-electron chi connectivity index (χ0n) is 20.9. The number of hydrogen-bond donors (Lipinski definition) is 1. The van der Waals surface area contributed by atoms with E-state index >= 15 is 0 Å². The maximum Gasteiger partial charge on any atom is -0.00233 e. The van der Waals surface area contributed by atoms with Gasteiger partial charge in [-0.05, 0) is 78.2 Å². The van der Waals surface area contributed by atoms with E-state index in [4.69, 9.17) is 0 Å². The second-order valence-corrected chi connectivity index (χ2v) is 11.4.